The Labute approximate surface area is 140 Å². The van der Waals surface area contributed by atoms with Crippen LogP contribution in [0.25, 0.3) is 10.8 Å². The second-order valence-electron chi connectivity index (χ2n) is 5.32. The number of benzene rings is 3. The smallest absolute Gasteiger partial charge is 0.342 e. The fraction of sp³-hybridized carbons (Fsp3) is 0.150. The third kappa shape index (κ3) is 3.33. The van der Waals surface area contributed by atoms with Crippen molar-refractivity contribution in [2.75, 3.05) is 14.2 Å². The molecule has 0 spiro atoms. The molecular weight excluding hydrogens is 304 g/mol. The maximum atomic E-state index is 12.4. The van der Waals surface area contributed by atoms with E-state index in [0.717, 1.165) is 22.1 Å². The van der Waals surface area contributed by atoms with Crippen LogP contribution in [0.5, 0.6) is 11.5 Å². The molecule has 122 valence electrons. The Kier molecular flexibility index (Phi) is 4.66. The number of esters is 1. The number of hydrogen-bond donors (Lipinski definition) is 0. The van der Waals surface area contributed by atoms with E-state index in [4.69, 9.17) is 14.2 Å². The SMILES string of the molecule is COc1ccc(COC(=O)c2cc3ccccc3cc2OC)cc1. The zero-order chi connectivity index (χ0) is 16.9. The van der Waals surface area contributed by atoms with Gasteiger partial charge in [0, 0.05) is 0 Å². The van der Waals surface area contributed by atoms with Crippen LogP contribution in [0.4, 0.5) is 0 Å². The van der Waals surface area contributed by atoms with E-state index in [9.17, 15) is 4.79 Å². The van der Waals surface area contributed by atoms with Gasteiger partial charge in [0.1, 0.15) is 23.7 Å². The molecule has 3 rings (SSSR count). The van der Waals surface area contributed by atoms with Crippen molar-refractivity contribution in [1.29, 1.82) is 0 Å². The Morgan fingerprint density at radius 3 is 2.17 bits per heavy atom. The first-order valence-electron chi connectivity index (χ1n) is 7.58. The molecule has 0 N–H and O–H groups in total. The van der Waals surface area contributed by atoms with Crippen LogP contribution in [0.1, 0.15) is 15.9 Å². The van der Waals surface area contributed by atoms with E-state index in [1.807, 2.05) is 54.6 Å². The number of ether oxygens (including phenoxy) is 3. The Hall–Kier alpha value is -3.01. The van der Waals surface area contributed by atoms with Gasteiger partial charge in [-0.2, -0.15) is 0 Å². The van der Waals surface area contributed by atoms with E-state index >= 15 is 0 Å². The largest absolute Gasteiger partial charge is 0.497 e. The van der Waals surface area contributed by atoms with Crippen molar-refractivity contribution in [3.63, 3.8) is 0 Å². The summed E-state index contributed by atoms with van der Waals surface area (Å²) in [5, 5.41) is 1.98. The van der Waals surface area contributed by atoms with E-state index in [0.29, 0.717) is 11.3 Å². The van der Waals surface area contributed by atoms with Gasteiger partial charge in [0.15, 0.2) is 0 Å². The van der Waals surface area contributed by atoms with E-state index in [1.165, 1.54) is 0 Å². The molecule has 3 aromatic rings. The number of rotatable bonds is 5. The van der Waals surface area contributed by atoms with Gasteiger partial charge in [-0.1, -0.05) is 36.4 Å². The lowest BCUT2D eigenvalue weighted by molar-refractivity contribution is 0.0469. The third-order valence-electron chi connectivity index (χ3n) is 3.82. The van der Waals surface area contributed by atoms with Crippen molar-refractivity contribution in [2.24, 2.45) is 0 Å². The number of hydrogen-bond acceptors (Lipinski definition) is 4. The van der Waals surface area contributed by atoms with E-state index < -0.39 is 5.97 Å². The molecular formula is C20H18O4. The highest BCUT2D eigenvalue weighted by molar-refractivity contribution is 5.98. The Morgan fingerprint density at radius 2 is 1.54 bits per heavy atom. The van der Waals surface area contributed by atoms with Gasteiger partial charge in [0.25, 0.3) is 0 Å². The van der Waals surface area contributed by atoms with Crippen LogP contribution in [0.3, 0.4) is 0 Å². The minimum absolute atomic E-state index is 0.193. The molecule has 0 aliphatic heterocycles. The van der Waals surface area contributed by atoms with Crippen LogP contribution >= 0.6 is 0 Å². The molecule has 24 heavy (non-hydrogen) atoms. The summed E-state index contributed by atoms with van der Waals surface area (Å²) in [6, 6.07) is 18.8. The van der Waals surface area contributed by atoms with Gasteiger partial charge in [0.2, 0.25) is 0 Å². The molecule has 4 heteroatoms. The molecule has 0 aliphatic carbocycles. The van der Waals surface area contributed by atoms with Crippen LogP contribution in [0, 0.1) is 0 Å². The highest BCUT2D eigenvalue weighted by Crippen LogP contribution is 2.27. The lowest BCUT2D eigenvalue weighted by Gasteiger charge is -2.11. The molecule has 0 saturated heterocycles. The Bertz CT molecular complexity index is 853. The molecule has 0 unspecified atom stereocenters. The maximum absolute atomic E-state index is 12.4. The molecule has 4 nitrogen and oxygen atoms in total. The van der Waals surface area contributed by atoms with Crippen molar-refractivity contribution in [2.45, 2.75) is 6.61 Å². The number of methoxy groups -OCH3 is 2. The van der Waals surface area contributed by atoms with Gasteiger partial charge >= 0.3 is 5.97 Å². The minimum atomic E-state index is -0.409. The van der Waals surface area contributed by atoms with Gasteiger partial charge in [0.05, 0.1) is 14.2 Å². The second-order valence-corrected chi connectivity index (χ2v) is 5.32. The average molecular weight is 322 g/mol. The van der Waals surface area contributed by atoms with E-state index in [-0.39, 0.29) is 6.61 Å². The molecule has 0 amide bonds. The van der Waals surface area contributed by atoms with E-state index in [1.54, 1.807) is 20.3 Å². The lowest BCUT2D eigenvalue weighted by Crippen LogP contribution is -2.07. The summed E-state index contributed by atoms with van der Waals surface area (Å²) >= 11 is 0. The van der Waals surface area contributed by atoms with Crippen LogP contribution in [0.15, 0.2) is 60.7 Å². The van der Waals surface area contributed by atoms with Crippen LogP contribution in [-0.4, -0.2) is 20.2 Å². The molecule has 0 aromatic heterocycles. The Balaban J connectivity index is 1.79. The summed E-state index contributed by atoms with van der Waals surface area (Å²) in [6.45, 7) is 0.193. The molecule has 0 aliphatic rings. The van der Waals surface area contributed by atoms with Crippen molar-refractivity contribution < 1.29 is 19.0 Å². The second kappa shape index (κ2) is 7.04. The topological polar surface area (TPSA) is 44.8 Å². The van der Waals surface area contributed by atoms with Crippen LogP contribution in [-0.2, 0) is 11.3 Å². The van der Waals surface area contributed by atoms with Gasteiger partial charge in [-0.15, -0.1) is 0 Å². The van der Waals surface area contributed by atoms with Crippen molar-refractivity contribution in [1.82, 2.24) is 0 Å². The summed E-state index contributed by atoms with van der Waals surface area (Å²) in [4.78, 5) is 12.4. The standard InChI is InChI=1S/C20H18O4/c1-22-17-9-7-14(8-10-17)13-24-20(21)18-11-15-5-3-4-6-16(15)12-19(18)23-2/h3-12H,13H2,1-2H3. The fourth-order valence-electron chi connectivity index (χ4n) is 2.50. The zero-order valence-electron chi connectivity index (χ0n) is 13.6. The van der Waals surface area contributed by atoms with Crippen molar-refractivity contribution in [3.05, 3.63) is 71.8 Å². The normalized spacial score (nSPS) is 10.4. The number of carbonyl (C=O) groups is 1. The van der Waals surface area contributed by atoms with Gasteiger partial charge in [-0.05, 0) is 40.6 Å². The zero-order valence-corrected chi connectivity index (χ0v) is 13.6. The summed E-state index contributed by atoms with van der Waals surface area (Å²) in [6.07, 6.45) is 0. The molecule has 0 bridgehead atoms. The summed E-state index contributed by atoms with van der Waals surface area (Å²) in [5.41, 5.74) is 1.31. The van der Waals surface area contributed by atoms with Crippen molar-refractivity contribution >= 4 is 16.7 Å². The first-order valence-corrected chi connectivity index (χ1v) is 7.58. The fourth-order valence-corrected chi connectivity index (χ4v) is 2.50. The summed E-state index contributed by atoms with van der Waals surface area (Å²) < 4.78 is 15.9. The third-order valence-corrected chi connectivity index (χ3v) is 3.82. The first kappa shape index (κ1) is 15.9. The first-order chi connectivity index (χ1) is 11.7. The molecule has 3 aromatic carbocycles. The highest BCUT2D eigenvalue weighted by Gasteiger charge is 2.15. The molecule has 0 saturated carbocycles. The lowest BCUT2D eigenvalue weighted by atomic mass is 10.1. The van der Waals surface area contributed by atoms with Gasteiger partial charge < -0.3 is 14.2 Å². The molecule has 0 heterocycles. The van der Waals surface area contributed by atoms with Crippen LogP contribution in [0.2, 0.25) is 0 Å². The van der Waals surface area contributed by atoms with Gasteiger partial charge in [-0.25, -0.2) is 4.79 Å². The predicted octanol–water partition coefficient (Wildman–Crippen LogP) is 4.21. The molecule has 0 radical (unpaired) electrons. The maximum Gasteiger partial charge on any atom is 0.342 e. The summed E-state index contributed by atoms with van der Waals surface area (Å²) in [7, 11) is 3.16. The monoisotopic (exact) mass is 322 g/mol. The van der Waals surface area contributed by atoms with E-state index in [2.05, 4.69) is 0 Å². The summed E-state index contributed by atoms with van der Waals surface area (Å²) in [5.74, 6) is 0.864. The number of carbonyl (C=O) groups excluding carboxylic acids is 1. The number of fused-ring (bicyclic) bond motifs is 1. The highest BCUT2D eigenvalue weighted by atomic mass is 16.5. The molecule has 0 atom stereocenters. The van der Waals surface area contributed by atoms with Crippen LogP contribution < -0.4 is 9.47 Å². The minimum Gasteiger partial charge on any atom is -0.497 e. The van der Waals surface area contributed by atoms with Crippen molar-refractivity contribution in [3.8, 4) is 11.5 Å². The van der Waals surface area contributed by atoms with Gasteiger partial charge in [-0.3, -0.25) is 0 Å². The molecule has 0 fully saturated rings. The average Bonchev–Trinajstić information content (AvgIpc) is 2.65. The quantitative estimate of drug-likeness (QED) is 0.660. The predicted molar refractivity (Wildman–Crippen MR) is 92.6 cm³/mol. The Morgan fingerprint density at radius 1 is 0.875 bits per heavy atom.